The molecule has 0 aliphatic carbocycles. The van der Waals surface area contributed by atoms with E-state index in [0.29, 0.717) is 11.3 Å². The first-order valence-electron chi connectivity index (χ1n) is 5.82. The van der Waals surface area contributed by atoms with E-state index in [1.165, 1.54) is 0 Å². The summed E-state index contributed by atoms with van der Waals surface area (Å²) in [5.74, 6) is -1.04. The number of hydrogen-bond acceptors (Lipinski definition) is 2. The molecule has 1 aromatic rings. The van der Waals surface area contributed by atoms with Gasteiger partial charge in [0, 0.05) is 11.6 Å². The number of para-hydroxylation sites is 1. The van der Waals surface area contributed by atoms with Crippen LogP contribution in [0.4, 0.5) is 5.69 Å². The summed E-state index contributed by atoms with van der Waals surface area (Å²) in [5.41, 5.74) is 2.16. The Morgan fingerprint density at radius 1 is 1.33 bits per heavy atom. The van der Waals surface area contributed by atoms with Gasteiger partial charge in [0.2, 0.25) is 5.78 Å². The monoisotopic (exact) mass is 283 g/mol. The van der Waals surface area contributed by atoms with Crippen LogP contribution in [0.5, 0.6) is 0 Å². The number of alkyl halides is 2. The van der Waals surface area contributed by atoms with E-state index in [2.05, 4.69) is 0 Å². The van der Waals surface area contributed by atoms with Crippen LogP contribution in [0.25, 0.3) is 0 Å². The molecule has 0 N–H and O–H groups in total. The maximum atomic E-state index is 12.3. The lowest BCUT2D eigenvalue weighted by Gasteiger charge is -2.42. The third-order valence-electron chi connectivity index (χ3n) is 3.65. The second-order valence-electron chi connectivity index (χ2n) is 4.78. The molecule has 1 amide bonds. The summed E-state index contributed by atoms with van der Waals surface area (Å²) >= 11 is 11.9. The minimum atomic E-state index is -1.99. The number of rotatable bonds is 0. The number of amides is 1. The molecule has 3 rings (SSSR count). The molecule has 0 saturated heterocycles. The van der Waals surface area contributed by atoms with Crippen LogP contribution < -0.4 is 4.90 Å². The molecule has 18 heavy (non-hydrogen) atoms. The van der Waals surface area contributed by atoms with E-state index in [9.17, 15) is 9.59 Å². The van der Waals surface area contributed by atoms with Crippen molar-refractivity contribution >= 4 is 40.6 Å². The molecule has 2 heterocycles. The number of anilines is 1. The Kier molecular flexibility index (Phi) is 2.48. The van der Waals surface area contributed by atoms with Gasteiger partial charge >= 0.3 is 0 Å². The molecule has 0 aromatic heterocycles. The van der Waals surface area contributed by atoms with Gasteiger partial charge in [-0.25, -0.2) is 0 Å². The van der Waals surface area contributed by atoms with Crippen LogP contribution in [0.3, 0.4) is 0 Å². The molecule has 0 spiro atoms. The van der Waals surface area contributed by atoms with Crippen LogP contribution >= 0.6 is 23.2 Å². The number of carbonyl (C=O) groups is 2. The zero-order valence-corrected chi connectivity index (χ0v) is 11.3. The molecular formula is C13H11Cl2NO2. The third-order valence-corrected chi connectivity index (χ3v) is 4.32. The Bertz CT molecular complexity index is 568. The predicted molar refractivity (Wildman–Crippen MR) is 70.5 cm³/mol. The lowest BCUT2D eigenvalue weighted by Crippen LogP contribution is -2.56. The van der Waals surface area contributed by atoms with Crippen LogP contribution in [-0.2, 0) is 11.2 Å². The van der Waals surface area contributed by atoms with E-state index in [1.807, 2.05) is 13.0 Å². The fourth-order valence-electron chi connectivity index (χ4n) is 2.69. The minimum absolute atomic E-state index is 0.0103. The fourth-order valence-corrected chi connectivity index (χ4v) is 3.08. The van der Waals surface area contributed by atoms with Crippen LogP contribution in [0.2, 0.25) is 0 Å². The maximum absolute atomic E-state index is 12.3. The summed E-state index contributed by atoms with van der Waals surface area (Å²) in [5, 5.41) is 0. The van der Waals surface area contributed by atoms with Crippen LogP contribution in [0.15, 0.2) is 18.2 Å². The molecule has 0 saturated carbocycles. The SMILES string of the molecule is CC1CCc2cccc3c2N1C(=O)C(Cl)(Cl)C3=O. The molecule has 94 valence electrons. The van der Waals surface area contributed by atoms with E-state index < -0.39 is 16.0 Å². The average molecular weight is 284 g/mol. The lowest BCUT2D eigenvalue weighted by molar-refractivity contribution is -0.119. The Morgan fingerprint density at radius 2 is 2.06 bits per heavy atom. The van der Waals surface area contributed by atoms with Gasteiger partial charge in [0.25, 0.3) is 10.2 Å². The predicted octanol–water partition coefficient (Wildman–Crippen LogP) is 2.72. The number of halogens is 2. The minimum Gasteiger partial charge on any atom is -0.306 e. The van der Waals surface area contributed by atoms with Crippen LogP contribution in [-0.4, -0.2) is 22.1 Å². The van der Waals surface area contributed by atoms with Crippen LogP contribution in [0, 0.1) is 0 Å². The second kappa shape index (κ2) is 3.72. The number of carbonyl (C=O) groups excluding carboxylic acids is 2. The third kappa shape index (κ3) is 1.38. The molecule has 2 aliphatic rings. The highest BCUT2D eigenvalue weighted by Crippen LogP contribution is 2.44. The molecule has 1 unspecified atom stereocenters. The van der Waals surface area contributed by atoms with Crippen molar-refractivity contribution in [2.24, 2.45) is 0 Å². The van der Waals surface area contributed by atoms with Crippen molar-refractivity contribution in [1.82, 2.24) is 0 Å². The molecule has 0 radical (unpaired) electrons. The number of hydrogen-bond donors (Lipinski definition) is 0. The molecule has 1 aromatic carbocycles. The van der Waals surface area contributed by atoms with Gasteiger partial charge in [-0.15, -0.1) is 0 Å². The number of aryl methyl sites for hydroxylation is 1. The first-order valence-corrected chi connectivity index (χ1v) is 6.58. The first-order chi connectivity index (χ1) is 8.44. The number of Topliss-reactive ketones (excluding diaryl/α,β-unsaturated/α-hetero) is 1. The van der Waals surface area contributed by atoms with Crippen molar-refractivity contribution < 1.29 is 9.59 Å². The number of ketones is 1. The van der Waals surface area contributed by atoms with Gasteiger partial charge in [0.15, 0.2) is 0 Å². The van der Waals surface area contributed by atoms with Gasteiger partial charge in [-0.1, -0.05) is 35.3 Å². The topological polar surface area (TPSA) is 37.4 Å². The summed E-state index contributed by atoms with van der Waals surface area (Å²) < 4.78 is -1.99. The highest BCUT2D eigenvalue weighted by Gasteiger charge is 2.53. The van der Waals surface area contributed by atoms with E-state index in [1.54, 1.807) is 17.0 Å². The summed E-state index contributed by atoms with van der Waals surface area (Å²) in [7, 11) is 0. The lowest BCUT2D eigenvalue weighted by atomic mass is 9.88. The van der Waals surface area contributed by atoms with Crippen molar-refractivity contribution in [3.05, 3.63) is 29.3 Å². The van der Waals surface area contributed by atoms with Gasteiger partial charge in [0.05, 0.1) is 5.69 Å². The highest BCUT2D eigenvalue weighted by molar-refractivity contribution is 6.71. The highest BCUT2D eigenvalue weighted by atomic mass is 35.5. The first kappa shape index (κ1) is 12.0. The summed E-state index contributed by atoms with van der Waals surface area (Å²) in [6.07, 6.45) is 1.71. The van der Waals surface area contributed by atoms with Gasteiger partial charge in [0.1, 0.15) is 0 Å². The number of nitrogens with zero attached hydrogens (tertiary/aromatic N) is 1. The maximum Gasteiger partial charge on any atom is 0.271 e. The Balaban J connectivity index is 2.32. The Hall–Kier alpha value is -1.06. The van der Waals surface area contributed by atoms with E-state index in [-0.39, 0.29) is 6.04 Å². The molecule has 0 bridgehead atoms. The van der Waals surface area contributed by atoms with Gasteiger partial charge in [-0.2, -0.15) is 0 Å². The van der Waals surface area contributed by atoms with Crippen molar-refractivity contribution in [3.8, 4) is 0 Å². The van der Waals surface area contributed by atoms with Gasteiger partial charge < -0.3 is 4.90 Å². The summed E-state index contributed by atoms with van der Waals surface area (Å²) in [4.78, 5) is 26.0. The molecule has 5 heteroatoms. The van der Waals surface area contributed by atoms with Crippen molar-refractivity contribution in [2.45, 2.75) is 30.1 Å². The summed E-state index contributed by atoms with van der Waals surface area (Å²) in [6.45, 7) is 1.94. The zero-order valence-electron chi connectivity index (χ0n) is 9.74. The fraction of sp³-hybridized carbons (Fsp3) is 0.385. The Labute approximate surface area is 115 Å². The number of benzene rings is 1. The van der Waals surface area contributed by atoms with E-state index in [4.69, 9.17) is 23.2 Å². The summed E-state index contributed by atoms with van der Waals surface area (Å²) in [6, 6.07) is 5.43. The van der Waals surface area contributed by atoms with Crippen molar-refractivity contribution in [3.63, 3.8) is 0 Å². The largest absolute Gasteiger partial charge is 0.306 e. The van der Waals surface area contributed by atoms with E-state index >= 15 is 0 Å². The van der Waals surface area contributed by atoms with E-state index in [0.717, 1.165) is 18.4 Å². The quantitative estimate of drug-likeness (QED) is 0.542. The molecule has 2 aliphatic heterocycles. The molecule has 1 atom stereocenters. The smallest absolute Gasteiger partial charge is 0.271 e. The second-order valence-corrected chi connectivity index (χ2v) is 6.11. The van der Waals surface area contributed by atoms with Crippen molar-refractivity contribution in [2.75, 3.05) is 4.90 Å². The molecule has 3 nitrogen and oxygen atoms in total. The van der Waals surface area contributed by atoms with Gasteiger partial charge in [-0.3, -0.25) is 9.59 Å². The van der Waals surface area contributed by atoms with Gasteiger partial charge in [-0.05, 0) is 31.4 Å². The Morgan fingerprint density at radius 3 is 2.78 bits per heavy atom. The van der Waals surface area contributed by atoms with Crippen LogP contribution in [0.1, 0.15) is 29.3 Å². The molecular weight excluding hydrogens is 273 g/mol. The molecule has 0 fully saturated rings. The normalized spacial score (nSPS) is 25.1. The standard InChI is InChI=1S/C13H11Cl2NO2/c1-7-5-6-8-3-2-4-9-10(8)16(7)12(18)13(14,15)11(9)17/h2-4,7H,5-6H2,1H3. The average Bonchev–Trinajstić information content (AvgIpc) is 2.35. The zero-order chi connectivity index (χ0) is 13.1. The van der Waals surface area contributed by atoms with Crippen molar-refractivity contribution in [1.29, 1.82) is 0 Å².